The van der Waals surface area contributed by atoms with Crippen molar-refractivity contribution in [1.82, 2.24) is 9.62 Å². The van der Waals surface area contributed by atoms with Crippen LogP contribution in [0.2, 0.25) is 0 Å². The lowest BCUT2D eigenvalue weighted by molar-refractivity contribution is -0.126. The Morgan fingerprint density at radius 1 is 1.32 bits per heavy atom. The minimum Gasteiger partial charge on any atom is -0.495 e. The van der Waals surface area contributed by atoms with Gasteiger partial charge >= 0.3 is 0 Å². The van der Waals surface area contributed by atoms with E-state index in [0.717, 1.165) is 18.4 Å². The van der Waals surface area contributed by atoms with E-state index in [9.17, 15) is 13.2 Å². The van der Waals surface area contributed by atoms with E-state index >= 15 is 0 Å². The molecule has 0 radical (unpaired) electrons. The van der Waals surface area contributed by atoms with Crippen LogP contribution in [-0.4, -0.2) is 44.9 Å². The number of rotatable bonds is 8. The number of amides is 1. The quantitative estimate of drug-likeness (QED) is 0.711. The molecule has 1 fully saturated rings. The van der Waals surface area contributed by atoms with Gasteiger partial charge in [0.05, 0.1) is 13.0 Å². The molecule has 1 aliphatic rings. The topological polar surface area (TPSA) is 75.7 Å². The van der Waals surface area contributed by atoms with E-state index in [-0.39, 0.29) is 35.2 Å². The first-order chi connectivity index (χ1) is 13.2. The average molecular weight is 411 g/mol. The number of nitrogens with zero attached hydrogens (tertiary/aromatic N) is 1. The fourth-order valence-corrected chi connectivity index (χ4v) is 5.35. The van der Waals surface area contributed by atoms with Crippen LogP contribution in [0.25, 0.3) is 0 Å². The van der Waals surface area contributed by atoms with Gasteiger partial charge in [0, 0.05) is 19.1 Å². The summed E-state index contributed by atoms with van der Waals surface area (Å²) in [5, 5.41) is 3.02. The van der Waals surface area contributed by atoms with E-state index in [1.807, 2.05) is 26.8 Å². The van der Waals surface area contributed by atoms with Crippen LogP contribution in [-0.2, 0) is 14.8 Å². The molecule has 0 aromatic heterocycles. The zero-order valence-electron chi connectivity index (χ0n) is 17.7. The standard InChI is InChI=1S/C21H34N2O4S/c1-6-8-16(4)22-21(24)18-9-7-12-23(14-18)28(25,26)20-13-17(15(2)3)10-11-19(20)27-5/h10-11,13,15-16,18H,6-9,12,14H2,1-5H3,(H,22,24)/t16-,18-/m0/s1. The molecular weight excluding hydrogens is 376 g/mol. The molecule has 158 valence electrons. The van der Waals surface area contributed by atoms with Gasteiger partial charge in [-0.15, -0.1) is 0 Å². The maximum atomic E-state index is 13.3. The smallest absolute Gasteiger partial charge is 0.246 e. The molecule has 1 aromatic rings. The third kappa shape index (κ3) is 5.26. The van der Waals surface area contributed by atoms with Gasteiger partial charge in [0.25, 0.3) is 0 Å². The Hall–Kier alpha value is -1.60. The zero-order chi connectivity index (χ0) is 20.9. The molecule has 6 nitrogen and oxygen atoms in total. The minimum atomic E-state index is -3.74. The highest BCUT2D eigenvalue weighted by Gasteiger charge is 2.35. The molecule has 1 amide bonds. The van der Waals surface area contributed by atoms with Gasteiger partial charge in [-0.3, -0.25) is 4.79 Å². The van der Waals surface area contributed by atoms with E-state index in [1.165, 1.54) is 11.4 Å². The van der Waals surface area contributed by atoms with Gasteiger partial charge in [0.2, 0.25) is 15.9 Å². The zero-order valence-corrected chi connectivity index (χ0v) is 18.5. The highest BCUT2D eigenvalue weighted by atomic mass is 32.2. The summed E-state index contributed by atoms with van der Waals surface area (Å²) in [7, 11) is -2.26. The Balaban J connectivity index is 2.24. The van der Waals surface area contributed by atoms with Crippen LogP contribution in [0, 0.1) is 5.92 Å². The lowest BCUT2D eigenvalue weighted by atomic mass is 9.98. The van der Waals surface area contributed by atoms with E-state index in [0.29, 0.717) is 25.1 Å². The summed E-state index contributed by atoms with van der Waals surface area (Å²) >= 11 is 0. The van der Waals surface area contributed by atoms with Crippen LogP contribution in [0.1, 0.15) is 64.9 Å². The largest absolute Gasteiger partial charge is 0.495 e. The Morgan fingerprint density at radius 3 is 2.64 bits per heavy atom. The van der Waals surface area contributed by atoms with Gasteiger partial charge < -0.3 is 10.1 Å². The second kappa shape index (κ2) is 9.74. The summed E-state index contributed by atoms with van der Waals surface area (Å²) in [5.41, 5.74) is 0.944. The van der Waals surface area contributed by atoms with Gasteiger partial charge in [0.1, 0.15) is 10.6 Å². The number of piperidine rings is 1. The van der Waals surface area contributed by atoms with Gasteiger partial charge in [-0.2, -0.15) is 4.31 Å². The maximum absolute atomic E-state index is 13.3. The first-order valence-electron chi connectivity index (χ1n) is 10.2. The monoisotopic (exact) mass is 410 g/mol. The lowest BCUT2D eigenvalue weighted by Crippen LogP contribution is -2.47. The van der Waals surface area contributed by atoms with Gasteiger partial charge in [-0.05, 0) is 49.8 Å². The molecule has 1 aliphatic heterocycles. The van der Waals surface area contributed by atoms with E-state index in [4.69, 9.17) is 4.74 Å². The first kappa shape index (κ1) is 22.7. The number of hydrogen-bond acceptors (Lipinski definition) is 4. The maximum Gasteiger partial charge on any atom is 0.246 e. The Bertz CT molecular complexity index is 777. The summed E-state index contributed by atoms with van der Waals surface area (Å²) in [5.74, 6) is 0.179. The van der Waals surface area contributed by atoms with E-state index in [1.54, 1.807) is 12.1 Å². The number of ether oxygens (including phenoxy) is 1. The van der Waals surface area contributed by atoms with Crippen LogP contribution in [0.4, 0.5) is 0 Å². The van der Waals surface area contributed by atoms with Crippen molar-refractivity contribution in [2.45, 2.75) is 70.2 Å². The van der Waals surface area contributed by atoms with Crippen molar-refractivity contribution in [2.24, 2.45) is 5.92 Å². The van der Waals surface area contributed by atoms with Crippen LogP contribution < -0.4 is 10.1 Å². The number of carbonyl (C=O) groups excluding carboxylic acids is 1. The van der Waals surface area contributed by atoms with Crippen molar-refractivity contribution >= 4 is 15.9 Å². The number of sulfonamides is 1. The van der Waals surface area contributed by atoms with Gasteiger partial charge in [0.15, 0.2) is 0 Å². The summed E-state index contributed by atoms with van der Waals surface area (Å²) in [6, 6.07) is 5.41. The summed E-state index contributed by atoms with van der Waals surface area (Å²) < 4.78 is 33.5. The molecule has 0 bridgehead atoms. The highest BCUT2D eigenvalue weighted by Crippen LogP contribution is 2.32. The van der Waals surface area contributed by atoms with Crippen molar-refractivity contribution in [3.05, 3.63) is 23.8 Å². The Morgan fingerprint density at radius 2 is 2.04 bits per heavy atom. The summed E-state index contributed by atoms with van der Waals surface area (Å²) in [4.78, 5) is 12.8. The molecule has 1 N–H and O–H groups in total. The second-order valence-corrected chi connectivity index (χ2v) is 9.87. The van der Waals surface area contributed by atoms with Crippen molar-refractivity contribution in [3.63, 3.8) is 0 Å². The highest BCUT2D eigenvalue weighted by molar-refractivity contribution is 7.89. The molecule has 7 heteroatoms. The third-order valence-corrected chi connectivity index (χ3v) is 7.22. The van der Waals surface area contributed by atoms with Crippen LogP contribution in [0.5, 0.6) is 5.75 Å². The predicted octanol–water partition coefficient (Wildman–Crippen LogP) is 3.52. The van der Waals surface area contributed by atoms with E-state index in [2.05, 4.69) is 12.2 Å². The molecule has 0 aliphatic carbocycles. The third-order valence-electron chi connectivity index (χ3n) is 5.34. The molecule has 1 saturated heterocycles. The fraction of sp³-hybridized carbons (Fsp3) is 0.667. The number of hydrogen-bond donors (Lipinski definition) is 1. The van der Waals surface area contributed by atoms with Crippen molar-refractivity contribution in [3.8, 4) is 5.75 Å². The summed E-state index contributed by atoms with van der Waals surface area (Å²) in [6.45, 7) is 8.75. The van der Waals surface area contributed by atoms with Crippen LogP contribution in [0.3, 0.4) is 0 Å². The normalized spacial score (nSPS) is 19.4. The molecule has 2 rings (SSSR count). The fourth-order valence-electron chi connectivity index (χ4n) is 3.63. The minimum absolute atomic E-state index is 0.0521. The van der Waals surface area contributed by atoms with Crippen LogP contribution >= 0.6 is 0 Å². The number of nitrogens with one attached hydrogen (secondary N) is 1. The Kier molecular flexibility index (Phi) is 7.89. The molecule has 2 atom stereocenters. The molecule has 28 heavy (non-hydrogen) atoms. The molecule has 1 heterocycles. The van der Waals surface area contributed by atoms with Crippen molar-refractivity contribution < 1.29 is 17.9 Å². The average Bonchev–Trinajstić information content (AvgIpc) is 2.67. The Labute approximate surface area is 169 Å². The summed E-state index contributed by atoms with van der Waals surface area (Å²) in [6.07, 6.45) is 3.30. The predicted molar refractivity (Wildman–Crippen MR) is 111 cm³/mol. The van der Waals surface area contributed by atoms with Crippen molar-refractivity contribution in [1.29, 1.82) is 0 Å². The van der Waals surface area contributed by atoms with Crippen LogP contribution in [0.15, 0.2) is 23.1 Å². The molecule has 0 saturated carbocycles. The second-order valence-electron chi connectivity index (χ2n) is 7.97. The molecule has 0 unspecified atom stereocenters. The van der Waals surface area contributed by atoms with Gasteiger partial charge in [-0.25, -0.2) is 8.42 Å². The van der Waals surface area contributed by atoms with Crippen molar-refractivity contribution in [2.75, 3.05) is 20.2 Å². The molecular formula is C21H34N2O4S. The number of carbonyl (C=O) groups is 1. The first-order valence-corrected chi connectivity index (χ1v) is 11.6. The molecule has 1 aromatic carbocycles. The molecule has 0 spiro atoms. The lowest BCUT2D eigenvalue weighted by Gasteiger charge is -2.32. The number of methoxy groups -OCH3 is 1. The van der Waals surface area contributed by atoms with E-state index < -0.39 is 10.0 Å². The SMILES string of the molecule is CCC[C@H](C)NC(=O)[C@H]1CCCN(S(=O)(=O)c2cc(C(C)C)ccc2OC)C1. The van der Waals surface area contributed by atoms with Gasteiger partial charge in [-0.1, -0.05) is 33.3 Å². The number of benzene rings is 1.